The van der Waals surface area contributed by atoms with Gasteiger partial charge in [0.25, 0.3) is 0 Å². The standard InChI is InChI=1S/C22H19Cl2NO4/c1-28-20-10-16(12-25-19-9-15(22(26)27)7-8-17(19)23)18(24)11-21(20)29-13-14-5-3-2-4-6-14/h2-11,25H,12-13H2,1H3,(H,26,27). The largest absolute Gasteiger partial charge is 0.493 e. The highest BCUT2D eigenvalue weighted by molar-refractivity contribution is 6.33. The Morgan fingerprint density at radius 3 is 2.45 bits per heavy atom. The minimum Gasteiger partial charge on any atom is -0.493 e. The molecule has 0 atom stereocenters. The van der Waals surface area contributed by atoms with E-state index in [2.05, 4.69) is 5.32 Å². The lowest BCUT2D eigenvalue weighted by molar-refractivity contribution is 0.0697. The first-order valence-electron chi connectivity index (χ1n) is 8.77. The van der Waals surface area contributed by atoms with Crippen LogP contribution in [0.15, 0.2) is 60.7 Å². The molecule has 2 N–H and O–H groups in total. The lowest BCUT2D eigenvalue weighted by Gasteiger charge is -2.15. The summed E-state index contributed by atoms with van der Waals surface area (Å²) >= 11 is 12.6. The first-order valence-corrected chi connectivity index (χ1v) is 9.53. The average molecular weight is 432 g/mol. The fourth-order valence-corrected chi connectivity index (χ4v) is 3.11. The van der Waals surface area contributed by atoms with Crippen molar-refractivity contribution >= 4 is 34.9 Å². The van der Waals surface area contributed by atoms with Crippen LogP contribution in [-0.2, 0) is 13.2 Å². The molecule has 0 heterocycles. The lowest BCUT2D eigenvalue weighted by atomic mass is 10.1. The van der Waals surface area contributed by atoms with E-state index in [-0.39, 0.29) is 5.56 Å². The summed E-state index contributed by atoms with van der Waals surface area (Å²) in [6.45, 7) is 0.722. The van der Waals surface area contributed by atoms with Crippen molar-refractivity contribution in [2.45, 2.75) is 13.2 Å². The van der Waals surface area contributed by atoms with Gasteiger partial charge in [0.05, 0.1) is 23.4 Å². The van der Waals surface area contributed by atoms with Crippen LogP contribution >= 0.6 is 23.2 Å². The van der Waals surface area contributed by atoms with E-state index in [1.54, 1.807) is 19.2 Å². The van der Waals surface area contributed by atoms with Crippen LogP contribution in [0.25, 0.3) is 0 Å². The maximum atomic E-state index is 11.2. The molecule has 0 saturated carbocycles. The monoisotopic (exact) mass is 431 g/mol. The zero-order valence-electron chi connectivity index (χ0n) is 15.6. The van der Waals surface area contributed by atoms with Crippen molar-refractivity contribution in [3.63, 3.8) is 0 Å². The van der Waals surface area contributed by atoms with Gasteiger partial charge in [-0.1, -0.05) is 53.5 Å². The molecule has 0 aliphatic carbocycles. The van der Waals surface area contributed by atoms with Crippen molar-refractivity contribution < 1.29 is 19.4 Å². The number of halogens is 2. The normalized spacial score (nSPS) is 10.4. The van der Waals surface area contributed by atoms with Gasteiger partial charge in [-0.3, -0.25) is 0 Å². The van der Waals surface area contributed by atoms with Crippen molar-refractivity contribution in [3.8, 4) is 11.5 Å². The van der Waals surface area contributed by atoms with E-state index >= 15 is 0 Å². The predicted molar refractivity (Wildman–Crippen MR) is 115 cm³/mol. The quantitative estimate of drug-likeness (QED) is 0.465. The van der Waals surface area contributed by atoms with Crippen LogP contribution in [-0.4, -0.2) is 18.2 Å². The second kappa shape index (κ2) is 9.54. The van der Waals surface area contributed by atoms with E-state index in [4.69, 9.17) is 37.8 Å². The van der Waals surface area contributed by atoms with Crippen LogP contribution in [0.5, 0.6) is 11.5 Å². The number of carboxylic acids is 1. The summed E-state index contributed by atoms with van der Waals surface area (Å²) in [5.41, 5.74) is 2.44. The third-order valence-electron chi connectivity index (χ3n) is 4.25. The number of anilines is 1. The number of carboxylic acid groups (broad SMARTS) is 1. The molecule has 7 heteroatoms. The molecule has 0 aliphatic heterocycles. The van der Waals surface area contributed by atoms with Gasteiger partial charge < -0.3 is 19.9 Å². The van der Waals surface area contributed by atoms with Crippen molar-refractivity contribution in [1.82, 2.24) is 0 Å². The molecule has 0 fully saturated rings. The summed E-state index contributed by atoms with van der Waals surface area (Å²) in [6.07, 6.45) is 0. The Balaban J connectivity index is 1.75. The number of nitrogens with one attached hydrogen (secondary N) is 1. The van der Waals surface area contributed by atoms with Gasteiger partial charge in [0.15, 0.2) is 11.5 Å². The van der Waals surface area contributed by atoms with Crippen molar-refractivity contribution in [1.29, 1.82) is 0 Å². The molecule has 0 unspecified atom stereocenters. The second-order valence-corrected chi connectivity index (χ2v) is 7.04. The van der Waals surface area contributed by atoms with Crippen LogP contribution < -0.4 is 14.8 Å². The Labute approximate surface area is 178 Å². The molecule has 0 saturated heterocycles. The number of methoxy groups -OCH3 is 1. The second-order valence-electron chi connectivity index (χ2n) is 6.22. The predicted octanol–water partition coefficient (Wildman–Crippen LogP) is 5.89. The molecular formula is C22H19Cl2NO4. The van der Waals surface area contributed by atoms with Crippen LogP contribution in [0.1, 0.15) is 21.5 Å². The summed E-state index contributed by atoms with van der Waals surface area (Å²) in [7, 11) is 1.56. The molecule has 0 spiro atoms. The third kappa shape index (κ3) is 5.34. The third-order valence-corrected chi connectivity index (χ3v) is 4.93. The SMILES string of the molecule is COc1cc(CNc2cc(C(=O)O)ccc2Cl)c(Cl)cc1OCc1ccccc1. The molecule has 0 bridgehead atoms. The summed E-state index contributed by atoms with van der Waals surface area (Å²) in [6, 6.07) is 17.7. The molecular weight excluding hydrogens is 413 g/mol. The van der Waals surface area contributed by atoms with Crippen molar-refractivity contribution in [2.24, 2.45) is 0 Å². The summed E-state index contributed by atoms with van der Waals surface area (Å²) in [5, 5.41) is 13.2. The molecule has 3 aromatic carbocycles. The van der Waals surface area contributed by atoms with Crippen LogP contribution in [0.4, 0.5) is 5.69 Å². The van der Waals surface area contributed by atoms with E-state index in [0.717, 1.165) is 11.1 Å². The minimum atomic E-state index is -1.02. The van der Waals surface area contributed by atoms with Crippen LogP contribution in [0, 0.1) is 0 Å². The van der Waals surface area contributed by atoms with Gasteiger partial charge in [-0.2, -0.15) is 0 Å². The summed E-state index contributed by atoms with van der Waals surface area (Å²) < 4.78 is 11.3. The molecule has 29 heavy (non-hydrogen) atoms. The Morgan fingerprint density at radius 1 is 1.00 bits per heavy atom. The fraction of sp³-hybridized carbons (Fsp3) is 0.136. The van der Waals surface area contributed by atoms with Crippen molar-refractivity contribution in [3.05, 3.63) is 87.4 Å². The fourth-order valence-electron chi connectivity index (χ4n) is 2.70. The maximum absolute atomic E-state index is 11.2. The first kappa shape index (κ1) is 20.8. The number of carbonyl (C=O) groups is 1. The molecule has 3 rings (SSSR count). The molecule has 0 radical (unpaired) electrons. The van der Waals surface area contributed by atoms with Crippen molar-refractivity contribution in [2.75, 3.05) is 12.4 Å². The van der Waals surface area contributed by atoms with Crippen LogP contribution in [0.2, 0.25) is 10.0 Å². The van der Waals surface area contributed by atoms with E-state index in [9.17, 15) is 4.79 Å². The van der Waals surface area contributed by atoms with Gasteiger partial charge >= 0.3 is 5.97 Å². The Hall–Kier alpha value is -2.89. The Kier molecular flexibility index (Phi) is 6.86. The molecule has 0 aromatic heterocycles. The smallest absolute Gasteiger partial charge is 0.335 e. The Morgan fingerprint density at radius 2 is 1.76 bits per heavy atom. The number of rotatable bonds is 8. The Bertz CT molecular complexity index is 1010. The first-order chi connectivity index (χ1) is 14.0. The number of aromatic carboxylic acids is 1. The summed E-state index contributed by atoms with van der Waals surface area (Å²) in [4.78, 5) is 11.2. The zero-order chi connectivity index (χ0) is 20.8. The number of benzene rings is 3. The van der Waals surface area contributed by atoms with Gasteiger partial charge in [0, 0.05) is 17.6 Å². The van der Waals surface area contributed by atoms with E-state index in [1.807, 2.05) is 30.3 Å². The highest BCUT2D eigenvalue weighted by Gasteiger charge is 2.12. The van der Waals surface area contributed by atoms with Gasteiger partial charge in [-0.25, -0.2) is 4.79 Å². The number of ether oxygens (including phenoxy) is 2. The molecule has 5 nitrogen and oxygen atoms in total. The van der Waals surface area contributed by atoms with E-state index in [1.165, 1.54) is 18.2 Å². The highest BCUT2D eigenvalue weighted by Crippen LogP contribution is 2.34. The topological polar surface area (TPSA) is 67.8 Å². The highest BCUT2D eigenvalue weighted by atomic mass is 35.5. The van der Waals surface area contributed by atoms with Gasteiger partial charge in [0.2, 0.25) is 0 Å². The minimum absolute atomic E-state index is 0.144. The lowest BCUT2D eigenvalue weighted by Crippen LogP contribution is -2.04. The molecule has 150 valence electrons. The van der Waals surface area contributed by atoms with Gasteiger partial charge in [-0.15, -0.1) is 0 Å². The van der Waals surface area contributed by atoms with Gasteiger partial charge in [-0.05, 0) is 35.4 Å². The van der Waals surface area contributed by atoms with Gasteiger partial charge in [0.1, 0.15) is 6.61 Å². The number of hydrogen-bond acceptors (Lipinski definition) is 4. The molecule has 0 aliphatic rings. The molecule has 0 amide bonds. The van der Waals surface area contributed by atoms with Crippen LogP contribution in [0.3, 0.4) is 0 Å². The maximum Gasteiger partial charge on any atom is 0.335 e. The summed E-state index contributed by atoms with van der Waals surface area (Å²) in [5.74, 6) is 0.0628. The molecule has 3 aromatic rings. The average Bonchev–Trinajstić information content (AvgIpc) is 2.73. The van der Waals surface area contributed by atoms with E-state index < -0.39 is 5.97 Å². The van der Waals surface area contributed by atoms with E-state index in [0.29, 0.717) is 40.4 Å². The zero-order valence-corrected chi connectivity index (χ0v) is 17.1. The number of hydrogen-bond donors (Lipinski definition) is 2.